The van der Waals surface area contributed by atoms with Crippen LogP contribution in [-0.4, -0.2) is 36.7 Å². The van der Waals surface area contributed by atoms with Crippen LogP contribution in [0, 0.1) is 0 Å². The van der Waals surface area contributed by atoms with Crippen LogP contribution in [0.1, 0.15) is 12.8 Å². The number of halogens is 1. The third-order valence-electron chi connectivity index (χ3n) is 4.23. The summed E-state index contributed by atoms with van der Waals surface area (Å²) in [6.07, 6.45) is 4.16. The Morgan fingerprint density at radius 1 is 1.24 bits per heavy atom. The van der Waals surface area contributed by atoms with Gasteiger partial charge in [0.15, 0.2) is 11.5 Å². The predicted molar refractivity (Wildman–Crippen MR) is 83.8 cm³/mol. The number of rotatable bonds is 2. The average Bonchev–Trinajstić information content (AvgIpc) is 3.00. The van der Waals surface area contributed by atoms with Gasteiger partial charge in [0, 0.05) is 30.0 Å². The van der Waals surface area contributed by atoms with E-state index in [1.54, 1.807) is 0 Å². The summed E-state index contributed by atoms with van der Waals surface area (Å²) >= 11 is 6.10. The van der Waals surface area contributed by atoms with Crippen LogP contribution < -0.4 is 14.4 Å². The summed E-state index contributed by atoms with van der Waals surface area (Å²) in [5, 5.41) is 2.24. The molecule has 2 aliphatic heterocycles. The van der Waals surface area contributed by atoms with Gasteiger partial charge in [-0.1, -0.05) is 0 Å². The zero-order valence-electron chi connectivity index (χ0n) is 11.7. The Bertz CT molecular complexity index is 677. The number of fused-ring (bicyclic) bond motifs is 2. The third kappa shape index (κ3) is 2.18. The van der Waals surface area contributed by atoms with Crippen molar-refractivity contribution in [2.45, 2.75) is 18.9 Å². The van der Waals surface area contributed by atoms with E-state index >= 15 is 0 Å². The summed E-state index contributed by atoms with van der Waals surface area (Å²) in [6.45, 7) is 2.22. The molecule has 3 heterocycles. The molecular weight excluding hydrogens is 288 g/mol. The van der Waals surface area contributed by atoms with Crippen LogP contribution in [0.4, 0.5) is 5.82 Å². The maximum absolute atomic E-state index is 6.10. The standard InChI is InChI=1S/C16H17ClN2O2/c17-10-12-2-1-5-19(12)16-13-9-15-14(20-6-7-21-15)8-11(13)3-4-18-16/h3-4,8-9,12H,1-2,5-7,10H2. The van der Waals surface area contributed by atoms with Gasteiger partial charge in [-0.25, -0.2) is 4.98 Å². The number of ether oxygens (including phenoxy) is 2. The normalized spacial score (nSPS) is 21.0. The lowest BCUT2D eigenvalue weighted by Crippen LogP contribution is -2.31. The Hall–Kier alpha value is -1.68. The zero-order valence-corrected chi connectivity index (χ0v) is 12.5. The van der Waals surface area contributed by atoms with Crippen molar-refractivity contribution >= 4 is 28.2 Å². The molecule has 0 saturated carbocycles. The molecule has 110 valence electrons. The second-order valence-electron chi connectivity index (χ2n) is 5.50. The summed E-state index contributed by atoms with van der Waals surface area (Å²) in [6, 6.07) is 6.48. The van der Waals surface area contributed by atoms with E-state index in [9.17, 15) is 0 Å². The summed E-state index contributed by atoms with van der Waals surface area (Å²) in [7, 11) is 0. The Morgan fingerprint density at radius 2 is 2.05 bits per heavy atom. The van der Waals surface area contributed by atoms with E-state index in [4.69, 9.17) is 21.1 Å². The summed E-state index contributed by atoms with van der Waals surface area (Å²) in [4.78, 5) is 6.93. The van der Waals surface area contributed by atoms with Crippen molar-refractivity contribution in [3.8, 4) is 11.5 Å². The van der Waals surface area contributed by atoms with Gasteiger partial charge in [-0.3, -0.25) is 0 Å². The Balaban J connectivity index is 1.85. The van der Waals surface area contributed by atoms with Crippen molar-refractivity contribution in [1.82, 2.24) is 4.98 Å². The first-order valence-corrected chi connectivity index (χ1v) is 7.91. The highest BCUT2D eigenvalue weighted by atomic mass is 35.5. The lowest BCUT2D eigenvalue weighted by Gasteiger charge is -2.26. The lowest BCUT2D eigenvalue weighted by atomic mass is 10.1. The summed E-state index contributed by atoms with van der Waals surface area (Å²) in [5.74, 6) is 3.28. The van der Waals surface area contributed by atoms with E-state index < -0.39 is 0 Å². The van der Waals surface area contributed by atoms with Gasteiger partial charge >= 0.3 is 0 Å². The largest absolute Gasteiger partial charge is 0.486 e. The fourth-order valence-corrected chi connectivity index (χ4v) is 3.52. The van der Waals surface area contributed by atoms with E-state index in [-0.39, 0.29) is 0 Å². The molecule has 0 amide bonds. The highest BCUT2D eigenvalue weighted by Crippen LogP contribution is 2.38. The minimum Gasteiger partial charge on any atom is -0.486 e. The number of hydrogen-bond donors (Lipinski definition) is 0. The van der Waals surface area contributed by atoms with E-state index in [2.05, 4.69) is 16.0 Å². The van der Waals surface area contributed by atoms with Gasteiger partial charge in [0.25, 0.3) is 0 Å². The summed E-state index contributed by atoms with van der Waals surface area (Å²) < 4.78 is 11.4. The molecule has 1 unspecified atom stereocenters. The van der Waals surface area contributed by atoms with Crippen molar-refractivity contribution in [2.24, 2.45) is 0 Å². The van der Waals surface area contributed by atoms with Crippen molar-refractivity contribution in [2.75, 3.05) is 30.5 Å². The molecule has 2 aliphatic rings. The van der Waals surface area contributed by atoms with Gasteiger partial charge < -0.3 is 14.4 Å². The quantitative estimate of drug-likeness (QED) is 0.798. The number of anilines is 1. The average molecular weight is 305 g/mol. The molecule has 4 rings (SSSR count). The fraction of sp³-hybridized carbons (Fsp3) is 0.438. The van der Waals surface area contributed by atoms with Crippen LogP contribution in [0.25, 0.3) is 10.8 Å². The maximum atomic E-state index is 6.10. The number of alkyl halides is 1. The molecule has 1 saturated heterocycles. The number of aromatic nitrogens is 1. The van der Waals surface area contributed by atoms with E-state index in [1.807, 2.05) is 18.3 Å². The van der Waals surface area contributed by atoms with Crippen LogP contribution >= 0.6 is 11.6 Å². The molecule has 0 N–H and O–H groups in total. The Labute approximate surface area is 128 Å². The van der Waals surface area contributed by atoms with Gasteiger partial charge in [-0.2, -0.15) is 0 Å². The van der Waals surface area contributed by atoms with E-state index in [0.717, 1.165) is 41.1 Å². The third-order valence-corrected chi connectivity index (χ3v) is 4.59. The predicted octanol–water partition coefficient (Wildman–Crippen LogP) is 3.21. The van der Waals surface area contributed by atoms with Crippen molar-refractivity contribution in [1.29, 1.82) is 0 Å². The van der Waals surface area contributed by atoms with Crippen LogP contribution in [0.5, 0.6) is 11.5 Å². The topological polar surface area (TPSA) is 34.6 Å². The zero-order chi connectivity index (χ0) is 14.2. The smallest absolute Gasteiger partial charge is 0.162 e. The number of benzene rings is 1. The fourth-order valence-electron chi connectivity index (χ4n) is 3.20. The number of hydrogen-bond acceptors (Lipinski definition) is 4. The first kappa shape index (κ1) is 13.0. The molecule has 0 aliphatic carbocycles. The first-order chi connectivity index (χ1) is 10.4. The second kappa shape index (κ2) is 5.26. The molecular formula is C16H17ClN2O2. The monoisotopic (exact) mass is 304 g/mol. The summed E-state index contributed by atoms with van der Waals surface area (Å²) in [5.41, 5.74) is 0. The van der Waals surface area contributed by atoms with Gasteiger partial charge in [-0.15, -0.1) is 11.6 Å². The van der Waals surface area contributed by atoms with Crippen molar-refractivity contribution in [3.63, 3.8) is 0 Å². The molecule has 0 bridgehead atoms. The molecule has 0 radical (unpaired) electrons. The van der Waals surface area contributed by atoms with E-state index in [1.165, 1.54) is 6.42 Å². The SMILES string of the molecule is ClCC1CCCN1c1nccc2cc3c(cc12)OCCO3. The molecule has 1 aromatic heterocycles. The van der Waals surface area contributed by atoms with Gasteiger partial charge in [0.2, 0.25) is 0 Å². The Kier molecular flexibility index (Phi) is 3.26. The van der Waals surface area contributed by atoms with Crippen molar-refractivity contribution in [3.05, 3.63) is 24.4 Å². The van der Waals surface area contributed by atoms with Gasteiger partial charge in [0.1, 0.15) is 19.0 Å². The molecule has 5 heteroatoms. The van der Waals surface area contributed by atoms with E-state index in [0.29, 0.717) is 25.1 Å². The van der Waals surface area contributed by atoms with Crippen LogP contribution in [0.2, 0.25) is 0 Å². The first-order valence-electron chi connectivity index (χ1n) is 7.38. The van der Waals surface area contributed by atoms with Crippen LogP contribution in [0.15, 0.2) is 24.4 Å². The second-order valence-corrected chi connectivity index (χ2v) is 5.80. The molecule has 2 aromatic rings. The van der Waals surface area contributed by atoms with Crippen molar-refractivity contribution < 1.29 is 9.47 Å². The van der Waals surface area contributed by atoms with Crippen LogP contribution in [-0.2, 0) is 0 Å². The Morgan fingerprint density at radius 3 is 2.86 bits per heavy atom. The molecule has 0 spiro atoms. The van der Waals surface area contributed by atoms with Gasteiger partial charge in [0.05, 0.1) is 0 Å². The minimum atomic E-state index is 0.373. The molecule has 1 fully saturated rings. The van der Waals surface area contributed by atoms with Crippen LogP contribution in [0.3, 0.4) is 0 Å². The molecule has 21 heavy (non-hydrogen) atoms. The number of pyridine rings is 1. The van der Waals surface area contributed by atoms with Gasteiger partial charge in [-0.05, 0) is 36.4 Å². The molecule has 1 aromatic carbocycles. The lowest BCUT2D eigenvalue weighted by molar-refractivity contribution is 0.172. The highest BCUT2D eigenvalue weighted by molar-refractivity contribution is 6.18. The maximum Gasteiger partial charge on any atom is 0.162 e. The molecule has 1 atom stereocenters. The minimum absolute atomic E-state index is 0.373. The molecule has 4 nitrogen and oxygen atoms in total. The highest BCUT2D eigenvalue weighted by Gasteiger charge is 2.26. The number of nitrogens with zero attached hydrogens (tertiary/aromatic N) is 2.